The maximum absolute atomic E-state index is 11.9. The lowest BCUT2D eigenvalue weighted by Gasteiger charge is -2.31. The van der Waals surface area contributed by atoms with Crippen molar-refractivity contribution in [2.24, 2.45) is 0 Å². The second-order valence-electron chi connectivity index (χ2n) is 5.93. The number of anilines is 1. The van der Waals surface area contributed by atoms with Crippen LogP contribution in [-0.2, 0) is 18.5 Å². The van der Waals surface area contributed by atoms with Crippen LogP contribution in [0.25, 0.3) is 11.2 Å². The first kappa shape index (κ1) is 18.1. The molecule has 2 fully saturated rings. The van der Waals surface area contributed by atoms with E-state index < -0.39 is 37.0 Å². The van der Waals surface area contributed by atoms with Crippen molar-refractivity contribution in [3.63, 3.8) is 0 Å². The van der Waals surface area contributed by atoms with E-state index in [9.17, 15) is 19.7 Å². The monoisotopic (exact) mass is 397 g/mol. The van der Waals surface area contributed by atoms with Gasteiger partial charge in [0.15, 0.2) is 11.2 Å². The van der Waals surface area contributed by atoms with E-state index in [0.29, 0.717) is 0 Å². The molecule has 14 nitrogen and oxygen atoms in total. The summed E-state index contributed by atoms with van der Waals surface area (Å²) in [4.78, 5) is 40.1. The highest BCUT2D eigenvalue weighted by atomic mass is 31.2. The largest absolute Gasteiger partial charge is 0.471 e. The molecule has 27 heavy (non-hydrogen) atoms. The number of fused-ring (bicyclic) bond motifs is 1. The highest BCUT2D eigenvalue weighted by Crippen LogP contribution is 2.56. The number of nitrogens with two attached hydrogens (primary N) is 1. The number of aliphatic hydroxyl groups is 1. The van der Waals surface area contributed by atoms with Gasteiger partial charge in [-0.2, -0.15) is 10.2 Å². The lowest BCUT2D eigenvalue weighted by atomic mass is 9.80. The summed E-state index contributed by atoms with van der Waals surface area (Å²) in [6.07, 6.45) is -1.65. The number of nitrogens with zero attached hydrogens (tertiary/aromatic N) is 4. The van der Waals surface area contributed by atoms with Gasteiger partial charge < -0.3 is 30.0 Å². The minimum atomic E-state index is -5.08. The number of nitrogen functional groups attached to an aromatic ring is 1. The first-order valence-corrected chi connectivity index (χ1v) is 8.92. The molecule has 0 spiro atoms. The third-order valence-electron chi connectivity index (χ3n) is 4.25. The maximum atomic E-state index is 11.9. The number of phosphoric acid groups is 1. The molecule has 6 N–H and O–H groups in total. The molecule has 2 aliphatic heterocycles. The minimum Gasteiger partial charge on any atom is -0.409 e. The van der Waals surface area contributed by atoms with Crippen molar-refractivity contribution < 1.29 is 33.4 Å². The number of aromatic amines is 1. The Labute approximate surface area is 150 Å². The van der Waals surface area contributed by atoms with Crippen LogP contribution < -0.4 is 11.3 Å². The van der Waals surface area contributed by atoms with Gasteiger partial charge in [-0.15, -0.1) is 0 Å². The molecule has 1 radical (unpaired) electrons. The Bertz CT molecular complexity index is 1070. The van der Waals surface area contributed by atoms with Crippen LogP contribution in [0.2, 0.25) is 0 Å². The Morgan fingerprint density at radius 1 is 1.59 bits per heavy atom. The smallest absolute Gasteiger partial charge is 0.409 e. The average Bonchev–Trinajstić information content (AvgIpc) is 3.05. The van der Waals surface area contributed by atoms with Crippen LogP contribution in [0.5, 0.6) is 0 Å². The number of imidazole rings is 1. The lowest BCUT2D eigenvalue weighted by molar-refractivity contribution is -0.170. The Morgan fingerprint density at radius 2 is 2.30 bits per heavy atom. The van der Waals surface area contributed by atoms with Crippen molar-refractivity contribution in [3.05, 3.63) is 16.7 Å². The van der Waals surface area contributed by atoms with E-state index >= 15 is 0 Å². The van der Waals surface area contributed by atoms with E-state index in [1.807, 2.05) is 0 Å². The van der Waals surface area contributed by atoms with Crippen LogP contribution in [0.3, 0.4) is 0 Å². The van der Waals surface area contributed by atoms with Gasteiger partial charge in [-0.25, -0.2) is 9.55 Å². The molecule has 4 rings (SSSR count). The van der Waals surface area contributed by atoms with Gasteiger partial charge in [-0.05, 0) is 0 Å². The minimum absolute atomic E-state index is 0.0350. The van der Waals surface area contributed by atoms with Crippen LogP contribution in [0.4, 0.5) is 5.95 Å². The zero-order chi connectivity index (χ0) is 19.6. The third-order valence-corrected chi connectivity index (χ3v) is 4.76. The Hall–Kier alpha value is -2.31. The second-order valence-corrected chi connectivity index (χ2v) is 7.10. The number of phosphoric ester groups is 1. The predicted molar refractivity (Wildman–Crippen MR) is 84.3 cm³/mol. The fraction of sp³-hybridized carbons (Fsp3) is 0.455. The number of aromatic nitrogens is 4. The van der Waals surface area contributed by atoms with Crippen molar-refractivity contribution in [2.75, 3.05) is 5.73 Å². The van der Waals surface area contributed by atoms with Crippen molar-refractivity contribution in [2.45, 2.75) is 30.0 Å². The molecule has 1 unspecified atom stereocenters. The molecule has 4 heterocycles. The van der Waals surface area contributed by atoms with E-state index in [2.05, 4.69) is 19.5 Å². The molecule has 0 amide bonds. The maximum Gasteiger partial charge on any atom is 0.471 e. The summed E-state index contributed by atoms with van der Waals surface area (Å²) in [6, 6.07) is 1.67. The molecule has 2 saturated heterocycles. The van der Waals surface area contributed by atoms with Gasteiger partial charge >= 0.3 is 15.3 Å². The second kappa shape index (κ2) is 5.60. The normalized spacial score (nSPS) is 33.0. The highest BCUT2D eigenvalue weighted by Gasteiger charge is 2.74. The van der Waals surface area contributed by atoms with E-state index in [0.717, 1.165) is 7.48 Å². The Balaban J connectivity index is 1.74. The molecule has 0 aliphatic carbocycles. The van der Waals surface area contributed by atoms with E-state index in [4.69, 9.17) is 24.9 Å². The Morgan fingerprint density at radius 3 is 2.89 bits per heavy atom. The molecule has 141 valence electrons. The van der Waals surface area contributed by atoms with Crippen molar-refractivity contribution in [1.29, 1.82) is 5.26 Å². The SMILES string of the molecule is N#C[C@]1(C2(OP(=O)(O)O)[B]O2)O[C@@H](n2cnc3c(=O)[nH]c(N)nc32)C[C@@H]1O. The number of hydrogen-bond donors (Lipinski definition) is 5. The number of aliphatic hydroxyl groups excluding tert-OH is 1. The molecular formula is C11H11BN6O8P. The number of rotatable bonds is 4. The molecule has 2 aromatic heterocycles. The zero-order valence-corrected chi connectivity index (χ0v) is 14.1. The summed E-state index contributed by atoms with van der Waals surface area (Å²) in [6.45, 7) is 0. The van der Waals surface area contributed by atoms with Crippen LogP contribution >= 0.6 is 7.82 Å². The van der Waals surface area contributed by atoms with Crippen molar-refractivity contribution in [3.8, 4) is 6.07 Å². The van der Waals surface area contributed by atoms with E-state index in [1.165, 1.54) is 10.9 Å². The summed E-state index contributed by atoms with van der Waals surface area (Å²) in [5.74, 6) is -0.181. The summed E-state index contributed by atoms with van der Waals surface area (Å²) in [7, 11) is -4.24. The van der Waals surface area contributed by atoms with Gasteiger partial charge in [-0.1, -0.05) is 0 Å². The molecule has 0 bridgehead atoms. The topological polar surface area (TPSA) is 222 Å². The number of hydrogen-bond acceptors (Lipinski definition) is 10. The predicted octanol–water partition coefficient (Wildman–Crippen LogP) is -2.34. The van der Waals surface area contributed by atoms with Crippen LogP contribution in [0.1, 0.15) is 12.6 Å². The van der Waals surface area contributed by atoms with Crippen LogP contribution in [0.15, 0.2) is 11.1 Å². The van der Waals surface area contributed by atoms with Gasteiger partial charge in [0.1, 0.15) is 18.4 Å². The van der Waals surface area contributed by atoms with Gasteiger partial charge in [-0.3, -0.25) is 18.9 Å². The molecule has 0 saturated carbocycles. The summed E-state index contributed by atoms with van der Waals surface area (Å²) < 4.78 is 27.5. The number of nitriles is 1. The first-order chi connectivity index (χ1) is 12.6. The fourth-order valence-electron chi connectivity index (χ4n) is 3.03. The quantitative estimate of drug-likeness (QED) is 0.208. The van der Waals surface area contributed by atoms with Gasteiger partial charge in [0.25, 0.3) is 5.56 Å². The number of ether oxygens (including phenoxy) is 1. The summed E-state index contributed by atoms with van der Waals surface area (Å²) in [5, 5.41) is 20.0. The Kier molecular flexibility index (Phi) is 3.75. The zero-order valence-electron chi connectivity index (χ0n) is 13.2. The van der Waals surface area contributed by atoms with Gasteiger partial charge in [0.2, 0.25) is 17.2 Å². The van der Waals surface area contributed by atoms with Crippen molar-refractivity contribution in [1.82, 2.24) is 19.5 Å². The highest BCUT2D eigenvalue weighted by molar-refractivity contribution is 7.46. The number of H-pyrrole nitrogens is 1. The van der Waals surface area contributed by atoms with E-state index in [-0.39, 0.29) is 23.5 Å². The standard InChI is InChI=1S/C11H11BN6O8P/c13-2-10(11(12-25-11)26-27(21,22)23)4(19)1-5(24-10)18-3-15-6-7(18)16-9(14)17-8(6)20/h3-5,19H,1H2,(H2,21,22,23)(H3,14,16,17,20)/t4-,5+,10-,11?/m0/s1. The van der Waals surface area contributed by atoms with Crippen LogP contribution in [0, 0.1) is 11.3 Å². The first-order valence-electron chi connectivity index (χ1n) is 7.39. The lowest BCUT2D eigenvalue weighted by Crippen LogP contribution is -2.53. The molecule has 16 heteroatoms. The van der Waals surface area contributed by atoms with Gasteiger partial charge in [0.05, 0.1) is 6.33 Å². The summed E-state index contributed by atoms with van der Waals surface area (Å²) in [5.41, 5.74) is 0.385. The summed E-state index contributed by atoms with van der Waals surface area (Å²) >= 11 is 0. The van der Waals surface area contributed by atoms with E-state index in [1.54, 1.807) is 6.07 Å². The third kappa shape index (κ3) is 2.66. The molecule has 4 atom stereocenters. The van der Waals surface area contributed by atoms with Crippen molar-refractivity contribution >= 4 is 32.4 Å². The fourth-order valence-corrected chi connectivity index (χ4v) is 3.61. The molecular weight excluding hydrogens is 386 g/mol. The number of nitrogens with one attached hydrogen (secondary N) is 1. The van der Waals surface area contributed by atoms with Gasteiger partial charge in [0, 0.05) is 6.42 Å². The van der Waals surface area contributed by atoms with Crippen LogP contribution in [-0.4, -0.2) is 59.3 Å². The average molecular weight is 397 g/mol. The molecule has 0 aromatic carbocycles. The molecule has 2 aliphatic rings. The molecule has 2 aromatic rings.